The summed E-state index contributed by atoms with van der Waals surface area (Å²) in [6, 6.07) is 17.8. The van der Waals surface area contributed by atoms with Crippen molar-refractivity contribution in [3.05, 3.63) is 65.7 Å². The van der Waals surface area contributed by atoms with Gasteiger partial charge in [0.2, 0.25) is 0 Å². The zero-order valence-electron chi connectivity index (χ0n) is 14.1. The van der Waals surface area contributed by atoms with Gasteiger partial charge in [-0.2, -0.15) is 0 Å². The standard InChI is InChI=1S/C20H25NO2/c1-4-15(2)17-10-12-19(13-11-17)23-14-20(22)21-16(3)18-8-6-5-7-9-18/h5-13,15-16H,4,14H2,1-3H3,(H,21,22)/t15-,16+/m0/s1. The van der Waals surface area contributed by atoms with E-state index in [1.165, 1.54) is 5.56 Å². The third-order valence-electron chi connectivity index (χ3n) is 4.11. The van der Waals surface area contributed by atoms with Crippen LogP contribution in [0.3, 0.4) is 0 Å². The number of benzene rings is 2. The third kappa shape index (κ3) is 5.13. The zero-order valence-corrected chi connectivity index (χ0v) is 14.1. The Morgan fingerprint density at radius 1 is 1.00 bits per heavy atom. The highest BCUT2D eigenvalue weighted by atomic mass is 16.5. The van der Waals surface area contributed by atoms with E-state index in [-0.39, 0.29) is 18.6 Å². The number of amides is 1. The second-order valence-electron chi connectivity index (χ2n) is 5.87. The molecule has 3 heteroatoms. The van der Waals surface area contributed by atoms with Gasteiger partial charge >= 0.3 is 0 Å². The predicted octanol–water partition coefficient (Wildman–Crippen LogP) is 4.46. The van der Waals surface area contributed by atoms with Gasteiger partial charge in [0.1, 0.15) is 5.75 Å². The van der Waals surface area contributed by atoms with Crippen LogP contribution in [0.25, 0.3) is 0 Å². The van der Waals surface area contributed by atoms with E-state index >= 15 is 0 Å². The van der Waals surface area contributed by atoms with Crippen LogP contribution in [0.15, 0.2) is 54.6 Å². The van der Waals surface area contributed by atoms with Gasteiger partial charge in [-0.1, -0.05) is 56.3 Å². The van der Waals surface area contributed by atoms with Gasteiger partial charge in [-0.25, -0.2) is 0 Å². The Morgan fingerprint density at radius 3 is 2.26 bits per heavy atom. The molecule has 0 fully saturated rings. The first-order chi connectivity index (χ1) is 11.1. The van der Waals surface area contributed by atoms with Gasteiger partial charge < -0.3 is 10.1 Å². The minimum atomic E-state index is -0.118. The quantitative estimate of drug-likeness (QED) is 0.820. The van der Waals surface area contributed by atoms with Crippen LogP contribution < -0.4 is 10.1 Å². The van der Waals surface area contributed by atoms with Gasteiger partial charge in [-0.05, 0) is 42.5 Å². The molecule has 0 aliphatic rings. The number of ether oxygens (including phenoxy) is 1. The number of nitrogens with one attached hydrogen (secondary N) is 1. The molecule has 0 aliphatic heterocycles. The summed E-state index contributed by atoms with van der Waals surface area (Å²) >= 11 is 0. The van der Waals surface area contributed by atoms with E-state index in [2.05, 4.69) is 31.3 Å². The van der Waals surface area contributed by atoms with E-state index in [1.807, 2.05) is 49.4 Å². The maximum absolute atomic E-state index is 12.0. The van der Waals surface area contributed by atoms with Crippen LogP contribution in [0.4, 0.5) is 0 Å². The summed E-state index contributed by atoms with van der Waals surface area (Å²) in [7, 11) is 0. The Bertz CT molecular complexity index is 607. The molecule has 0 radical (unpaired) electrons. The number of carbonyl (C=O) groups excluding carboxylic acids is 1. The summed E-state index contributed by atoms with van der Waals surface area (Å²) in [6.45, 7) is 6.37. The molecule has 0 saturated carbocycles. The van der Waals surface area contributed by atoms with Crippen LogP contribution >= 0.6 is 0 Å². The second-order valence-corrected chi connectivity index (χ2v) is 5.87. The van der Waals surface area contributed by atoms with Gasteiger partial charge in [-0.3, -0.25) is 4.79 Å². The molecular weight excluding hydrogens is 286 g/mol. The summed E-state index contributed by atoms with van der Waals surface area (Å²) in [6.07, 6.45) is 1.11. The van der Waals surface area contributed by atoms with E-state index in [0.29, 0.717) is 5.92 Å². The first kappa shape index (κ1) is 17.1. The zero-order chi connectivity index (χ0) is 16.7. The molecule has 2 aromatic carbocycles. The molecule has 1 N–H and O–H groups in total. The normalized spacial score (nSPS) is 13.2. The fourth-order valence-corrected chi connectivity index (χ4v) is 2.39. The molecule has 0 saturated heterocycles. The Kier molecular flexibility index (Phi) is 6.21. The Labute approximate surface area is 138 Å². The highest BCUT2D eigenvalue weighted by molar-refractivity contribution is 5.78. The second kappa shape index (κ2) is 8.37. The molecule has 23 heavy (non-hydrogen) atoms. The molecule has 2 aromatic rings. The highest BCUT2D eigenvalue weighted by Gasteiger charge is 2.10. The lowest BCUT2D eigenvalue weighted by Gasteiger charge is -2.15. The largest absolute Gasteiger partial charge is 0.484 e. The molecule has 0 unspecified atom stereocenters. The van der Waals surface area contributed by atoms with Gasteiger partial charge in [0.15, 0.2) is 6.61 Å². The molecule has 0 aliphatic carbocycles. The van der Waals surface area contributed by atoms with Gasteiger partial charge in [0.25, 0.3) is 5.91 Å². The average Bonchev–Trinajstić information content (AvgIpc) is 2.60. The lowest BCUT2D eigenvalue weighted by atomic mass is 9.99. The molecule has 122 valence electrons. The lowest BCUT2D eigenvalue weighted by molar-refractivity contribution is -0.123. The fraction of sp³-hybridized carbons (Fsp3) is 0.350. The van der Waals surface area contributed by atoms with Crippen LogP contribution in [-0.2, 0) is 4.79 Å². The summed E-state index contributed by atoms with van der Waals surface area (Å²) in [5, 5.41) is 2.94. The van der Waals surface area contributed by atoms with Crippen LogP contribution in [0, 0.1) is 0 Å². The molecular formula is C20H25NO2. The van der Waals surface area contributed by atoms with Gasteiger partial charge in [-0.15, -0.1) is 0 Å². The summed E-state index contributed by atoms with van der Waals surface area (Å²) < 4.78 is 5.56. The molecule has 2 atom stereocenters. The Morgan fingerprint density at radius 2 is 1.65 bits per heavy atom. The van der Waals surface area contributed by atoms with E-state index < -0.39 is 0 Å². The molecule has 0 heterocycles. The maximum atomic E-state index is 12.0. The van der Waals surface area contributed by atoms with Crippen molar-refractivity contribution in [3.8, 4) is 5.75 Å². The SMILES string of the molecule is CC[C@H](C)c1ccc(OCC(=O)N[C@H](C)c2ccccc2)cc1. The van der Waals surface area contributed by atoms with E-state index in [0.717, 1.165) is 17.7 Å². The number of hydrogen-bond acceptors (Lipinski definition) is 2. The first-order valence-corrected chi connectivity index (χ1v) is 8.17. The van der Waals surface area contributed by atoms with Gasteiger partial charge in [0, 0.05) is 0 Å². The number of hydrogen-bond donors (Lipinski definition) is 1. The predicted molar refractivity (Wildman–Crippen MR) is 93.6 cm³/mol. The average molecular weight is 311 g/mol. The first-order valence-electron chi connectivity index (χ1n) is 8.17. The Hall–Kier alpha value is -2.29. The van der Waals surface area contributed by atoms with Gasteiger partial charge in [0.05, 0.1) is 6.04 Å². The lowest BCUT2D eigenvalue weighted by Crippen LogP contribution is -2.31. The Balaban J connectivity index is 1.82. The van der Waals surface area contributed by atoms with Crippen molar-refractivity contribution in [3.63, 3.8) is 0 Å². The number of rotatable bonds is 7. The molecule has 3 nitrogen and oxygen atoms in total. The molecule has 1 amide bonds. The molecule has 2 rings (SSSR count). The minimum absolute atomic E-state index is 0.0276. The van der Waals surface area contributed by atoms with Crippen molar-refractivity contribution in [2.24, 2.45) is 0 Å². The highest BCUT2D eigenvalue weighted by Crippen LogP contribution is 2.21. The third-order valence-corrected chi connectivity index (χ3v) is 4.11. The van der Waals surface area contributed by atoms with Crippen molar-refractivity contribution in [2.45, 2.75) is 39.2 Å². The van der Waals surface area contributed by atoms with E-state index in [1.54, 1.807) is 0 Å². The summed E-state index contributed by atoms with van der Waals surface area (Å²) in [4.78, 5) is 12.0. The minimum Gasteiger partial charge on any atom is -0.484 e. The van der Waals surface area contributed by atoms with E-state index in [4.69, 9.17) is 4.74 Å². The maximum Gasteiger partial charge on any atom is 0.258 e. The fourth-order valence-electron chi connectivity index (χ4n) is 2.39. The summed E-state index contributed by atoms with van der Waals surface area (Å²) in [5.41, 5.74) is 2.38. The van der Waals surface area contributed by atoms with Crippen LogP contribution in [-0.4, -0.2) is 12.5 Å². The van der Waals surface area contributed by atoms with Crippen molar-refractivity contribution >= 4 is 5.91 Å². The summed E-state index contributed by atoms with van der Waals surface area (Å²) in [5.74, 6) is 1.14. The van der Waals surface area contributed by atoms with Crippen molar-refractivity contribution in [2.75, 3.05) is 6.61 Å². The molecule has 0 aromatic heterocycles. The topological polar surface area (TPSA) is 38.3 Å². The van der Waals surface area contributed by atoms with Crippen molar-refractivity contribution in [1.82, 2.24) is 5.32 Å². The molecule has 0 spiro atoms. The number of carbonyl (C=O) groups is 1. The van der Waals surface area contributed by atoms with Crippen LogP contribution in [0.2, 0.25) is 0 Å². The van der Waals surface area contributed by atoms with Crippen molar-refractivity contribution in [1.29, 1.82) is 0 Å². The monoisotopic (exact) mass is 311 g/mol. The van der Waals surface area contributed by atoms with Crippen molar-refractivity contribution < 1.29 is 9.53 Å². The smallest absolute Gasteiger partial charge is 0.258 e. The molecule has 0 bridgehead atoms. The van der Waals surface area contributed by atoms with E-state index in [9.17, 15) is 4.79 Å². The van der Waals surface area contributed by atoms with Crippen LogP contribution in [0.5, 0.6) is 5.75 Å². The van der Waals surface area contributed by atoms with Crippen LogP contribution in [0.1, 0.15) is 50.3 Å².